The van der Waals surface area contributed by atoms with Crippen LogP contribution in [0.15, 0.2) is 4.52 Å². The Morgan fingerprint density at radius 2 is 2.53 bits per heavy atom. The van der Waals surface area contributed by atoms with E-state index in [1.54, 1.807) is 7.11 Å². The Bertz CT molecular complexity index is 341. The van der Waals surface area contributed by atoms with Crippen LogP contribution in [0.2, 0.25) is 0 Å². The maximum atomic E-state index is 5.90. The zero-order chi connectivity index (χ0) is 12.1. The van der Waals surface area contributed by atoms with Crippen LogP contribution in [0.1, 0.15) is 30.3 Å². The molecule has 1 aromatic heterocycles. The highest BCUT2D eigenvalue weighted by molar-refractivity contribution is 7.99. The maximum Gasteiger partial charge on any atom is 0.243 e. The number of ether oxygens (including phenoxy) is 2. The average molecular weight is 259 g/mol. The van der Waals surface area contributed by atoms with Gasteiger partial charge in [0.25, 0.3) is 0 Å². The molecule has 6 nitrogen and oxygen atoms in total. The van der Waals surface area contributed by atoms with E-state index in [4.69, 9.17) is 19.7 Å². The minimum absolute atomic E-state index is 0.0686. The number of hydrogen-bond donors (Lipinski definition) is 1. The molecule has 17 heavy (non-hydrogen) atoms. The maximum absolute atomic E-state index is 5.90. The summed E-state index contributed by atoms with van der Waals surface area (Å²) in [6.45, 7) is 1.31. The third-order valence-corrected chi connectivity index (χ3v) is 3.51. The van der Waals surface area contributed by atoms with Crippen molar-refractivity contribution in [3.8, 4) is 0 Å². The second kappa shape index (κ2) is 6.34. The van der Waals surface area contributed by atoms with Gasteiger partial charge in [-0.1, -0.05) is 5.16 Å². The smallest absolute Gasteiger partial charge is 0.243 e. The van der Waals surface area contributed by atoms with Crippen LogP contribution < -0.4 is 5.73 Å². The van der Waals surface area contributed by atoms with Gasteiger partial charge in [0.2, 0.25) is 11.7 Å². The molecule has 0 saturated carbocycles. The molecule has 0 bridgehead atoms. The van der Waals surface area contributed by atoms with Crippen LogP contribution in [-0.4, -0.2) is 42.0 Å². The summed E-state index contributed by atoms with van der Waals surface area (Å²) in [6.07, 6.45) is 0.596. The molecule has 1 aliphatic heterocycles. The molecule has 0 aliphatic carbocycles. The van der Waals surface area contributed by atoms with Gasteiger partial charge >= 0.3 is 0 Å². The van der Waals surface area contributed by atoms with E-state index in [1.807, 2.05) is 11.8 Å². The molecule has 2 rings (SSSR count). The Balaban J connectivity index is 1.94. The lowest BCUT2D eigenvalue weighted by molar-refractivity contribution is 0.0677. The van der Waals surface area contributed by atoms with Crippen molar-refractivity contribution in [3.05, 3.63) is 11.7 Å². The van der Waals surface area contributed by atoms with E-state index < -0.39 is 0 Å². The van der Waals surface area contributed by atoms with Crippen molar-refractivity contribution in [2.75, 3.05) is 31.8 Å². The van der Waals surface area contributed by atoms with E-state index in [0.29, 0.717) is 24.7 Å². The first-order chi connectivity index (χ1) is 8.31. The minimum Gasteiger partial charge on any atom is -0.385 e. The van der Waals surface area contributed by atoms with Gasteiger partial charge < -0.3 is 19.7 Å². The van der Waals surface area contributed by atoms with Gasteiger partial charge in [-0.3, -0.25) is 0 Å². The third-order valence-electron chi connectivity index (χ3n) is 2.51. The first-order valence-corrected chi connectivity index (χ1v) is 6.74. The van der Waals surface area contributed by atoms with Gasteiger partial charge in [-0.15, -0.1) is 0 Å². The van der Waals surface area contributed by atoms with Crippen molar-refractivity contribution >= 4 is 11.8 Å². The van der Waals surface area contributed by atoms with Crippen LogP contribution in [0.3, 0.4) is 0 Å². The summed E-state index contributed by atoms with van der Waals surface area (Å²) in [6, 6.07) is -0.271. The normalized spacial score (nSPS) is 22.6. The second-order valence-corrected chi connectivity index (χ2v) is 4.96. The number of aromatic nitrogens is 2. The molecule has 0 amide bonds. The summed E-state index contributed by atoms with van der Waals surface area (Å²) in [7, 11) is 1.64. The Morgan fingerprint density at radius 1 is 1.65 bits per heavy atom. The van der Waals surface area contributed by atoms with Gasteiger partial charge in [0, 0.05) is 25.2 Å². The first kappa shape index (κ1) is 12.8. The molecule has 2 atom stereocenters. The fourth-order valence-corrected chi connectivity index (χ4v) is 2.37. The second-order valence-electron chi connectivity index (χ2n) is 3.81. The van der Waals surface area contributed by atoms with Crippen LogP contribution in [0.25, 0.3) is 0 Å². The molecule has 2 unspecified atom stereocenters. The third kappa shape index (κ3) is 3.41. The number of rotatable bonds is 5. The molecular formula is C10H17N3O3S. The molecule has 1 aromatic rings. The van der Waals surface area contributed by atoms with Crippen LogP contribution in [0.4, 0.5) is 0 Å². The van der Waals surface area contributed by atoms with E-state index in [-0.39, 0.29) is 12.1 Å². The lowest BCUT2D eigenvalue weighted by atomic mass is 10.2. The van der Waals surface area contributed by atoms with Crippen molar-refractivity contribution in [1.82, 2.24) is 10.1 Å². The van der Waals surface area contributed by atoms with E-state index in [2.05, 4.69) is 10.1 Å². The molecule has 2 heterocycles. The topological polar surface area (TPSA) is 83.4 Å². The number of methoxy groups -OCH3 is 1. The largest absolute Gasteiger partial charge is 0.385 e. The Morgan fingerprint density at radius 3 is 3.24 bits per heavy atom. The van der Waals surface area contributed by atoms with Crippen LogP contribution in [0.5, 0.6) is 0 Å². The van der Waals surface area contributed by atoms with Crippen molar-refractivity contribution < 1.29 is 14.0 Å². The van der Waals surface area contributed by atoms with Gasteiger partial charge in [0.1, 0.15) is 6.10 Å². The van der Waals surface area contributed by atoms with E-state index in [9.17, 15) is 0 Å². The predicted molar refractivity (Wildman–Crippen MR) is 63.7 cm³/mol. The molecule has 0 radical (unpaired) electrons. The molecule has 0 spiro atoms. The summed E-state index contributed by atoms with van der Waals surface area (Å²) in [5, 5.41) is 3.92. The molecule has 1 fully saturated rings. The van der Waals surface area contributed by atoms with Crippen molar-refractivity contribution in [2.45, 2.75) is 18.6 Å². The standard InChI is InChI=1S/C10H17N3O3S/c1-14-3-2-7(11)10-12-9(13-16-10)8-6-17-5-4-15-8/h7-8H,2-6,11H2,1H3. The Labute approximate surface area is 104 Å². The first-order valence-electron chi connectivity index (χ1n) is 5.58. The zero-order valence-electron chi connectivity index (χ0n) is 9.80. The van der Waals surface area contributed by atoms with Crippen LogP contribution in [0, 0.1) is 0 Å². The predicted octanol–water partition coefficient (Wildman–Crippen LogP) is 0.910. The summed E-state index contributed by atoms with van der Waals surface area (Å²) < 4.78 is 15.7. The van der Waals surface area contributed by atoms with Crippen molar-refractivity contribution in [1.29, 1.82) is 0 Å². The highest BCUT2D eigenvalue weighted by atomic mass is 32.2. The molecular weight excluding hydrogens is 242 g/mol. The Kier molecular flexibility index (Phi) is 4.78. The van der Waals surface area contributed by atoms with Gasteiger partial charge in [-0.25, -0.2) is 0 Å². The SMILES string of the molecule is COCCC(N)c1nc(C2CSCCO2)no1. The lowest BCUT2D eigenvalue weighted by Crippen LogP contribution is -2.17. The number of nitrogens with zero attached hydrogens (tertiary/aromatic N) is 2. The molecule has 2 N–H and O–H groups in total. The monoisotopic (exact) mass is 259 g/mol. The van der Waals surface area contributed by atoms with Gasteiger partial charge in [0.15, 0.2) is 0 Å². The van der Waals surface area contributed by atoms with E-state index in [1.165, 1.54) is 0 Å². The van der Waals surface area contributed by atoms with E-state index in [0.717, 1.165) is 18.1 Å². The highest BCUT2D eigenvalue weighted by Crippen LogP contribution is 2.25. The molecule has 0 aromatic carbocycles. The highest BCUT2D eigenvalue weighted by Gasteiger charge is 2.23. The minimum atomic E-state index is -0.271. The van der Waals surface area contributed by atoms with E-state index >= 15 is 0 Å². The van der Waals surface area contributed by atoms with Crippen LogP contribution >= 0.6 is 11.8 Å². The zero-order valence-corrected chi connectivity index (χ0v) is 10.6. The lowest BCUT2D eigenvalue weighted by Gasteiger charge is -2.18. The van der Waals surface area contributed by atoms with Crippen molar-refractivity contribution in [2.24, 2.45) is 5.73 Å². The summed E-state index contributed by atoms with van der Waals surface area (Å²) in [5.74, 6) is 2.94. The van der Waals surface area contributed by atoms with Gasteiger partial charge in [0.05, 0.1) is 12.6 Å². The molecule has 7 heteroatoms. The quantitative estimate of drug-likeness (QED) is 0.841. The fraction of sp³-hybridized carbons (Fsp3) is 0.800. The molecule has 1 aliphatic rings. The molecule has 96 valence electrons. The summed E-state index contributed by atoms with van der Waals surface area (Å²) in [4.78, 5) is 4.29. The van der Waals surface area contributed by atoms with Gasteiger partial charge in [-0.05, 0) is 6.42 Å². The summed E-state index contributed by atoms with van der Waals surface area (Å²) >= 11 is 1.83. The van der Waals surface area contributed by atoms with Gasteiger partial charge in [-0.2, -0.15) is 16.7 Å². The Hall–Kier alpha value is -0.630. The summed E-state index contributed by atoms with van der Waals surface area (Å²) in [5.41, 5.74) is 5.90. The number of nitrogens with two attached hydrogens (primary N) is 1. The number of thioether (sulfide) groups is 1. The fourth-order valence-electron chi connectivity index (χ4n) is 1.53. The van der Waals surface area contributed by atoms with Crippen LogP contribution in [-0.2, 0) is 9.47 Å². The number of hydrogen-bond acceptors (Lipinski definition) is 7. The molecule has 1 saturated heterocycles. The average Bonchev–Trinajstić information content (AvgIpc) is 2.86. The van der Waals surface area contributed by atoms with Crippen molar-refractivity contribution in [3.63, 3.8) is 0 Å².